The van der Waals surface area contributed by atoms with E-state index in [0.29, 0.717) is 0 Å². The van der Waals surface area contributed by atoms with Gasteiger partial charge in [-0.1, -0.05) is 43.9 Å². The highest BCUT2D eigenvalue weighted by molar-refractivity contribution is 5.56. The van der Waals surface area contributed by atoms with E-state index in [1.165, 1.54) is 56.2 Å². The van der Waals surface area contributed by atoms with Crippen molar-refractivity contribution >= 4 is 5.69 Å². The van der Waals surface area contributed by atoms with Crippen LogP contribution in [0.4, 0.5) is 5.69 Å². The van der Waals surface area contributed by atoms with Gasteiger partial charge in [-0.3, -0.25) is 0 Å². The maximum atomic E-state index is 3.73. The number of nitrogens with one attached hydrogen (secondary N) is 1. The molecule has 0 amide bonds. The van der Waals surface area contributed by atoms with Gasteiger partial charge in [0.2, 0.25) is 0 Å². The fourth-order valence-electron chi connectivity index (χ4n) is 3.32. The number of hydrogen-bond donors (Lipinski definition) is 1. The average molecular weight is 215 g/mol. The minimum atomic E-state index is 0.718. The Morgan fingerprint density at radius 3 is 2.44 bits per heavy atom. The maximum Gasteiger partial charge on any atom is 0.0375 e. The topological polar surface area (TPSA) is 12.0 Å². The molecule has 16 heavy (non-hydrogen) atoms. The molecule has 1 aromatic rings. The molecule has 2 aliphatic rings. The first-order valence-corrected chi connectivity index (χ1v) is 6.78. The second kappa shape index (κ2) is 4.48. The number of anilines is 1. The van der Waals surface area contributed by atoms with Gasteiger partial charge in [-0.05, 0) is 36.8 Å². The van der Waals surface area contributed by atoms with Crippen molar-refractivity contribution in [1.29, 1.82) is 0 Å². The molecule has 86 valence electrons. The summed E-state index contributed by atoms with van der Waals surface area (Å²) in [5.74, 6) is 0.912. The second-order valence-electron chi connectivity index (χ2n) is 5.36. The van der Waals surface area contributed by atoms with Crippen LogP contribution >= 0.6 is 0 Å². The van der Waals surface area contributed by atoms with Crippen LogP contribution in [-0.2, 0) is 6.42 Å². The van der Waals surface area contributed by atoms with Crippen LogP contribution in [0, 0.1) is 5.92 Å². The zero-order valence-corrected chi connectivity index (χ0v) is 9.91. The van der Waals surface area contributed by atoms with Crippen LogP contribution in [-0.4, -0.2) is 6.04 Å². The molecule has 1 aromatic carbocycles. The lowest BCUT2D eigenvalue weighted by Crippen LogP contribution is -2.26. The second-order valence-corrected chi connectivity index (χ2v) is 5.36. The largest absolute Gasteiger partial charge is 0.381 e. The number of para-hydroxylation sites is 1. The Balaban J connectivity index is 1.70. The van der Waals surface area contributed by atoms with E-state index in [-0.39, 0.29) is 0 Å². The van der Waals surface area contributed by atoms with Gasteiger partial charge >= 0.3 is 0 Å². The molecular weight excluding hydrogens is 194 g/mol. The molecule has 0 radical (unpaired) electrons. The number of fused-ring (bicyclic) bond motifs is 1. The summed E-state index contributed by atoms with van der Waals surface area (Å²) >= 11 is 0. The van der Waals surface area contributed by atoms with Gasteiger partial charge in [0, 0.05) is 11.7 Å². The predicted molar refractivity (Wildman–Crippen MR) is 68.7 cm³/mol. The third kappa shape index (κ3) is 1.95. The van der Waals surface area contributed by atoms with Crippen molar-refractivity contribution < 1.29 is 0 Å². The zero-order valence-electron chi connectivity index (χ0n) is 9.91. The van der Waals surface area contributed by atoms with Crippen molar-refractivity contribution in [2.24, 2.45) is 5.92 Å². The van der Waals surface area contributed by atoms with Crippen LogP contribution in [0.5, 0.6) is 0 Å². The summed E-state index contributed by atoms with van der Waals surface area (Å²) in [5.41, 5.74) is 2.91. The molecule has 3 rings (SSSR count). The van der Waals surface area contributed by atoms with Crippen LogP contribution < -0.4 is 5.32 Å². The molecule has 0 spiro atoms. The van der Waals surface area contributed by atoms with E-state index >= 15 is 0 Å². The standard InChI is InChI=1S/C15H21N/c1-2-4-8-12(7-3-1)15-11-13-9-5-6-10-14(13)16-15/h5-6,9-10,12,15-16H,1-4,7-8,11H2. The minimum Gasteiger partial charge on any atom is -0.381 e. The van der Waals surface area contributed by atoms with Crippen molar-refractivity contribution in [2.75, 3.05) is 5.32 Å². The molecule has 0 saturated heterocycles. The monoisotopic (exact) mass is 215 g/mol. The molecule has 0 aromatic heterocycles. The summed E-state index contributed by atoms with van der Waals surface area (Å²) in [6.07, 6.45) is 9.92. The molecule has 1 nitrogen and oxygen atoms in total. The molecule has 1 aliphatic heterocycles. The molecule has 1 heteroatoms. The van der Waals surface area contributed by atoms with Gasteiger partial charge in [-0.15, -0.1) is 0 Å². The SMILES string of the molecule is c1ccc2c(c1)CC(C1CCCCCC1)N2. The van der Waals surface area contributed by atoms with Crippen molar-refractivity contribution in [3.63, 3.8) is 0 Å². The first-order chi connectivity index (χ1) is 7.93. The lowest BCUT2D eigenvalue weighted by molar-refractivity contribution is 0.400. The molecular formula is C15H21N. The lowest BCUT2D eigenvalue weighted by atomic mass is 9.90. The van der Waals surface area contributed by atoms with E-state index in [9.17, 15) is 0 Å². The highest BCUT2D eigenvalue weighted by Crippen LogP contribution is 2.34. The van der Waals surface area contributed by atoms with E-state index in [0.717, 1.165) is 12.0 Å². The Morgan fingerprint density at radius 2 is 1.69 bits per heavy atom. The first kappa shape index (κ1) is 10.2. The van der Waals surface area contributed by atoms with Gasteiger partial charge in [-0.2, -0.15) is 0 Å². The third-order valence-electron chi connectivity index (χ3n) is 4.27. The van der Waals surface area contributed by atoms with Crippen LogP contribution in [0.15, 0.2) is 24.3 Å². The Hall–Kier alpha value is -0.980. The highest BCUT2D eigenvalue weighted by atomic mass is 15.0. The van der Waals surface area contributed by atoms with Crippen LogP contribution in [0.25, 0.3) is 0 Å². The van der Waals surface area contributed by atoms with Crippen LogP contribution in [0.3, 0.4) is 0 Å². The Morgan fingerprint density at radius 1 is 0.938 bits per heavy atom. The molecule has 1 N–H and O–H groups in total. The lowest BCUT2D eigenvalue weighted by Gasteiger charge is -2.22. The molecule has 1 atom stereocenters. The molecule has 1 aliphatic carbocycles. The summed E-state index contributed by atoms with van der Waals surface area (Å²) in [6.45, 7) is 0. The summed E-state index contributed by atoms with van der Waals surface area (Å²) in [6, 6.07) is 9.53. The summed E-state index contributed by atoms with van der Waals surface area (Å²) in [5, 5.41) is 3.73. The Kier molecular flexibility index (Phi) is 2.86. The summed E-state index contributed by atoms with van der Waals surface area (Å²) in [7, 11) is 0. The number of benzene rings is 1. The molecule has 1 saturated carbocycles. The minimum absolute atomic E-state index is 0.718. The van der Waals surface area contributed by atoms with Gasteiger partial charge in [0.15, 0.2) is 0 Å². The van der Waals surface area contributed by atoms with Crippen molar-refractivity contribution in [1.82, 2.24) is 0 Å². The Bertz CT molecular complexity index is 325. The predicted octanol–water partition coefficient (Wildman–Crippen LogP) is 3.99. The smallest absolute Gasteiger partial charge is 0.0375 e. The third-order valence-corrected chi connectivity index (χ3v) is 4.27. The van der Waals surface area contributed by atoms with E-state index in [1.807, 2.05) is 0 Å². The van der Waals surface area contributed by atoms with E-state index in [4.69, 9.17) is 0 Å². The molecule has 0 bridgehead atoms. The highest BCUT2D eigenvalue weighted by Gasteiger charge is 2.27. The average Bonchev–Trinajstić information content (AvgIpc) is 2.56. The fraction of sp³-hybridized carbons (Fsp3) is 0.600. The normalized spacial score (nSPS) is 25.9. The van der Waals surface area contributed by atoms with Gasteiger partial charge in [0.05, 0.1) is 0 Å². The van der Waals surface area contributed by atoms with E-state index in [2.05, 4.69) is 29.6 Å². The van der Waals surface area contributed by atoms with Gasteiger partial charge < -0.3 is 5.32 Å². The van der Waals surface area contributed by atoms with Gasteiger partial charge in [0.1, 0.15) is 0 Å². The first-order valence-electron chi connectivity index (χ1n) is 6.78. The van der Waals surface area contributed by atoms with Gasteiger partial charge in [-0.25, -0.2) is 0 Å². The van der Waals surface area contributed by atoms with Crippen molar-refractivity contribution in [3.8, 4) is 0 Å². The Labute approximate surface area is 98.3 Å². The zero-order chi connectivity index (χ0) is 10.8. The fourth-order valence-corrected chi connectivity index (χ4v) is 3.32. The van der Waals surface area contributed by atoms with Crippen LogP contribution in [0.2, 0.25) is 0 Å². The molecule has 1 heterocycles. The van der Waals surface area contributed by atoms with Crippen molar-refractivity contribution in [3.05, 3.63) is 29.8 Å². The van der Waals surface area contributed by atoms with E-state index < -0.39 is 0 Å². The molecule has 1 unspecified atom stereocenters. The van der Waals surface area contributed by atoms with Crippen LogP contribution in [0.1, 0.15) is 44.1 Å². The number of hydrogen-bond acceptors (Lipinski definition) is 1. The van der Waals surface area contributed by atoms with Gasteiger partial charge in [0.25, 0.3) is 0 Å². The summed E-state index contributed by atoms with van der Waals surface area (Å²) < 4.78 is 0. The number of rotatable bonds is 1. The summed E-state index contributed by atoms with van der Waals surface area (Å²) in [4.78, 5) is 0. The molecule has 1 fully saturated rings. The van der Waals surface area contributed by atoms with E-state index in [1.54, 1.807) is 0 Å². The quantitative estimate of drug-likeness (QED) is 0.698. The van der Waals surface area contributed by atoms with Crippen molar-refractivity contribution in [2.45, 2.75) is 51.0 Å². The maximum absolute atomic E-state index is 3.73.